The van der Waals surface area contributed by atoms with Gasteiger partial charge in [0.05, 0.1) is 6.61 Å². The van der Waals surface area contributed by atoms with E-state index in [0.29, 0.717) is 18.3 Å². The zero-order valence-corrected chi connectivity index (χ0v) is 12.6. The summed E-state index contributed by atoms with van der Waals surface area (Å²) < 4.78 is 40.4. The van der Waals surface area contributed by atoms with Crippen LogP contribution in [0.2, 0.25) is 0 Å². The van der Waals surface area contributed by atoms with Gasteiger partial charge in [-0.3, -0.25) is 0 Å². The lowest BCUT2D eigenvalue weighted by molar-refractivity contribution is -0.173. The number of aromatic nitrogens is 2. The van der Waals surface area contributed by atoms with Crippen molar-refractivity contribution in [3.05, 3.63) is 22.8 Å². The molecule has 0 aromatic carbocycles. The predicted octanol–water partition coefficient (Wildman–Crippen LogP) is 2.35. The highest BCUT2D eigenvalue weighted by Crippen LogP contribution is 2.16. The Morgan fingerprint density at radius 2 is 1.76 bits per heavy atom. The third-order valence-electron chi connectivity index (χ3n) is 3.16. The average molecular weight is 305 g/mol. The second-order valence-electron chi connectivity index (χ2n) is 5.25. The molecule has 0 fully saturated rings. The second kappa shape index (κ2) is 7.70. The van der Waals surface area contributed by atoms with Crippen molar-refractivity contribution in [2.45, 2.75) is 39.8 Å². The fourth-order valence-corrected chi connectivity index (χ4v) is 2.00. The molecule has 0 spiro atoms. The molecule has 0 aliphatic rings. The largest absolute Gasteiger partial charge is 0.411 e. The third kappa shape index (κ3) is 6.39. The topological polar surface area (TPSA) is 61.0 Å². The minimum absolute atomic E-state index is 0.0447. The van der Waals surface area contributed by atoms with Crippen molar-refractivity contribution < 1.29 is 17.9 Å². The van der Waals surface area contributed by atoms with E-state index in [0.717, 1.165) is 23.4 Å². The second-order valence-corrected chi connectivity index (χ2v) is 5.25. The number of hydrogen-bond donors (Lipinski definition) is 1. The van der Waals surface area contributed by atoms with Gasteiger partial charge >= 0.3 is 6.18 Å². The summed E-state index contributed by atoms with van der Waals surface area (Å²) in [6.45, 7) is 5.12. The molecule has 120 valence electrons. The monoisotopic (exact) mass is 305 g/mol. The van der Waals surface area contributed by atoms with Gasteiger partial charge in [-0.15, -0.1) is 0 Å². The van der Waals surface area contributed by atoms with Gasteiger partial charge in [-0.1, -0.05) is 6.92 Å². The molecule has 2 N–H and O–H groups in total. The van der Waals surface area contributed by atoms with Crippen LogP contribution in [0.15, 0.2) is 0 Å². The minimum atomic E-state index is -4.30. The first kappa shape index (κ1) is 17.8. The Kier molecular flexibility index (Phi) is 6.54. The molecule has 0 aliphatic heterocycles. The standard InChI is InChI=1S/C14H22F3N3O/c1-9(7-18)6-12-10(2)19-13(20-11(12)3)4-5-21-8-14(15,16)17/h9H,4-8,18H2,1-3H3. The van der Waals surface area contributed by atoms with Gasteiger partial charge in [0, 0.05) is 17.8 Å². The molecule has 0 saturated carbocycles. The zero-order valence-electron chi connectivity index (χ0n) is 12.6. The molecule has 1 atom stereocenters. The predicted molar refractivity (Wildman–Crippen MR) is 74.0 cm³/mol. The highest BCUT2D eigenvalue weighted by atomic mass is 19.4. The van der Waals surface area contributed by atoms with E-state index in [9.17, 15) is 13.2 Å². The molecule has 1 aromatic rings. The van der Waals surface area contributed by atoms with E-state index in [1.165, 1.54) is 0 Å². The summed E-state index contributed by atoms with van der Waals surface area (Å²) in [7, 11) is 0. The van der Waals surface area contributed by atoms with Gasteiger partial charge in [0.15, 0.2) is 0 Å². The first-order chi connectivity index (χ1) is 9.73. The maximum Gasteiger partial charge on any atom is 0.411 e. The fourth-order valence-electron chi connectivity index (χ4n) is 2.00. The van der Waals surface area contributed by atoms with Crippen molar-refractivity contribution in [1.82, 2.24) is 9.97 Å². The van der Waals surface area contributed by atoms with Gasteiger partial charge in [0.1, 0.15) is 12.4 Å². The van der Waals surface area contributed by atoms with Gasteiger partial charge in [-0.05, 0) is 38.3 Å². The molecule has 0 radical (unpaired) electrons. The third-order valence-corrected chi connectivity index (χ3v) is 3.16. The number of hydrogen-bond acceptors (Lipinski definition) is 4. The van der Waals surface area contributed by atoms with Crippen molar-refractivity contribution in [2.75, 3.05) is 19.8 Å². The van der Waals surface area contributed by atoms with Crippen LogP contribution in [0.5, 0.6) is 0 Å². The van der Waals surface area contributed by atoms with Crippen molar-refractivity contribution in [3.63, 3.8) is 0 Å². The molecule has 0 bridgehead atoms. The summed E-state index contributed by atoms with van der Waals surface area (Å²) in [5, 5.41) is 0. The Morgan fingerprint density at radius 3 is 2.24 bits per heavy atom. The smallest absolute Gasteiger partial charge is 0.372 e. The van der Waals surface area contributed by atoms with E-state index in [1.807, 2.05) is 13.8 Å². The number of aryl methyl sites for hydroxylation is 2. The number of nitrogens with zero attached hydrogens (tertiary/aromatic N) is 2. The minimum Gasteiger partial charge on any atom is -0.372 e. The molecule has 1 unspecified atom stereocenters. The summed E-state index contributed by atoms with van der Waals surface area (Å²) in [4.78, 5) is 8.68. The number of rotatable bonds is 7. The van der Waals surface area contributed by atoms with Crippen LogP contribution < -0.4 is 5.73 Å². The summed E-state index contributed by atoms with van der Waals surface area (Å²) in [5.74, 6) is 0.850. The van der Waals surface area contributed by atoms with E-state index >= 15 is 0 Å². The Bertz CT molecular complexity index is 440. The highest BCUT2D eigenvalue weighted by Gasteiger charge is 2.27. The Hall–Kier alpha value is -1.21. The van der Waals surface area contributed by atoms with E-state index in [2.05, 4.69) is 21.6 Å². The summed E-state index contributed by atoms with van der Waals surface area (Å²) in [5.41, 5.74) is 8.39. The maximum absolute atomic E-state index is 12.0. The highest BCUT2D eigenvalue weighted by molar-refractivity contribution is 5.25. The van der Waals surface area contributed by atoms with Crippen LogP contribution in [0.3, 0.4) is 0 Å². The first-order valence-corrected chi connectivity index (χ1v) is 6.90. The Morgan fingerprint density at radius 1 is 1.19 bits per heavy atom. The van der Waals surface area contributed by atoms with Crippen LogP contribution in [0.1, 0.15) is 29.7 Å². The molecule has 7 heteroatoms. The SMILES string of the molecule is Cc1nc(CCOCC(F)(F)F)nc(C)c1CC(C)CN. The Labute approximate surface area is 122 Å². The molecular weight excluding hydrogens is 283 g/mol. The van der Waals surface area contributed by atoms with Crippen LogP contribution in [-0.2, 0) is 17.6 Å². The number of alkyl halides is 3. The fraction of sp³-hybridized carbons (Fsp3) is 0.714. The molecule has 21 heavy (non-hydrogen) atoms. The summed E-state index contributed by atoms with van der Waals surface area (Å²) in [6, 6.07) is 0. The maximum atomic E-state index is 12.0. The van der Waals surface area contributed by atoms with Crippen LogP contribution in [0, 0.1) is 19.8 Å². The van der Waals surface area contributed by atoms with Crippen LogP contribution in [-0.4, -0.2) is 35.9 Å². The van der Waals surface area contributed by atoms with Gasteiger partial charge in [-0.2, -0.15) is 13.2 Å². The van der Waals surface area contributed by atoms with Gasteiger partial charge in [-0.25, -0.2) is 9.97 Å². The molecule has 4 nitrogen and oxygen atoms in total. The van der Waals surface area contributed by atoms with Crippen molar-refractivity contribution in [1.29, 1.82) is 0 Å². The van der Waals surface area contributed by atoms with Gasteiger partial charge in [0.25, 0.3) is 0 Å². The quantitative estimate of drug-likeness (QED) is 0.786. The number of ether oxygens (including phenoxy) is 1. The molecule has 1 rings (SSSR count). The van der Waals surface area contributed by atoms with Crippen molar-refractivity contribution in [2.24, 2.45) is 11.7 Å². The average Bonchev–Trinajstić information content (AvgIpc) is 2.37. The Balaban J connectivity index is 2.62. The molecule has 0 amide bonds. The van der Waals surface area contributed by atoms with E-state index < -0.39 is 12.8 Å². The summed E-state index contributed by atoms with van der Waals surface area (Å²) >= 11 is 0. The van der Waals surface area contributed by atoms with E-state index in [1.54, 1.807) is 0 Å². The number of halogens is 3. The summed E-state index contributed by atoms with van der Waals surface area (Å²) in [6.07, 6.45) is -3.22. The molecule has 1 heterocycles. The van der Waals surface area contributed by atoms with Crippen molar-refractivity contribution in [3.8, 4) is 0 Å². The zero-order chi connectivity index (χ0) is 16.0. The van der Waals surface area contributed by atoms with Gasteiger partial charge in [0.2, 0.25) is 0 Å². The van der Waals surface area contributed by atoms with Gasteiger partial charge < -0.3 is 10.5 Å². The van der Waals surface area contributed by atoms with E-state index in [4.69, 9.17) is 5.73 Å². The lowest BCUT2D eigenvalue weighted by atomic mass is 9.99. The molecular formula is C14H22F3N3O. The normalized spacial score (nSPS) is 13.5. The van der Waals surface area contributed by atoms with Crippen molar-refractivity contribution >= 4 is 0 Å². The molecule has 0 aliphatic carbocycles. The first-order valence-electron chi connectivity index (χ1n) is 6.90. The van der Waals surface area contributed by atoms with Crippen LogP contribution >= 0.6 is 0 Å². The lowest BCUT2D eigenvalue weighted by Gasteiger charge is -2.14. The lowest BCUT2D eigenvalue weighted by Crippen LogP contribution is -2.19. The number of nitrogens with two attached hydrogens (primary N) is 1. The molecule has 0 saturated heterocycles. The van der Waals surface area contributed by atoms with Crippen LogP contribution in [0.25, 0.3) is 0 Å². The van der Waals surface area contributed by atoms with E-state index in [-0.39, 0.29) is 13.0 Å². The van der Waals surface area contributed by atoms with Crippen LogP contribution in [0.4, 0.5) is 13.2 Å². The molecule has 1 aromatic heterocycles.